The lowest BCUT2D eigenvalue weighted by molar-refractivity contribution is -0.117. The summed E-state index contributed by atoms with van der Waals surface area (Å²) in [4.78, 5) is 24.3. The summed E-state index contributed by atoms with van der Waals surface area (Å²) in [7, 11) is 1.55. The van der Waals surface area contributed by atoms with Gasteiger partial charge in [0, 0.05) is 21.8 Å². The van der Waals surface area contributed by atoms with Crippen LogP contribution in [0.4, 0.5) is 11.4 Å². The van der Waals surface area contributed by atoms with Crippen LogP contribution >= 0.6 is 15.9 Å². The fourth-order valence-electron chi connectivity index (χ4n) is 2.27. The van der Waals surface area contributed by atoms with E-state index < -0.39 is 0 Å². The number of hydrogen-bond donors (Lipinski definition) is 2. The lowest BCUT2D eigenvalue weighted by Gasteiger charge is -2.10. The second-order valence-corrected chi connectivity index (χ2v) is 6.50. The molecule has 1 aliphatic carbocycles. The van der Waals surface area contributed by atoms with Crippen LogP contribution in [0, 0.1) is 5.92 Å². The Kier molecular flexibility index (Phi) is 4.85. The summed E-state index contributed by atoms with van der Waals surface area (Å²) in [5.41, 5.74) is 1.76. The molecule has 0 heterocycles. The van der Waals surface area contributed by atoms with E-state index in [2.05, 4.69) is 26.6 Å². The van der Waals surface area contributed by atoms with E-state index in [0.717, 1.165) is 12.8 Å². The van der Waals surface area contributed by atoms with Crippen molar-refractivity contribution in [1.82, 2.24) is 0 Å². The van der Waals surface area contributed by atoms with Crippen molar-refractivity contribution >= 4 is 39.1 Å². The Balaban J connectivity index is 1.73. The van der Waals surface area contributed by atoms with E-state index >= 15 is 0 Å². The number of hydrogen-bond acceptors (Lipinski definition) is 3. The summed E-state index contributed by atoms with van der Waals surface area (Å²) in [5.74, 6) is 0.519. The molecular weight excluding hydrogens is 372 g/mol. The maximum Gasteiger partial charge on any atom is 0.256 e. The van der Waals surface area contributed by atoms with Crippen LogP contribution in [0.25, 0.3) is 0 Å². The number of nitrogens with one attached hydrogen (secondary N) is 2. The van der Waals surface area contributed by atoms with Crippen molar-refractivity contribution in [2.45, 2.75) is 12.8 Å². The highest BCUT2D eigenvalue weighted by Crippen LogP contribution is 2.30. The first-order valence-electron chi connectivity index (χ1n) is 7.62. The first kappa shape index (κ1) is 16.5. The van der Waals surface area contributed by atoms with E-state index in [9.17, 15) is 9.59 Å². The van der Waals surface area contributed by atoms with E-state index in [1.807, 2.05) is 0 Å². The predicted molar refractivity (Wildman–Crippen MR) is 96.4 cm³/mol. The molecule has 3 rings (SSSR count). The highest BCUT2D eigenvalue weighted by Gasteiger charge is 2.29. The van der Waals surface area contributed by atoms with Crippen LogP contribution < -0.4 is 15.4 Å². The zero-order valence-electron chi connectivity index (χ0n) is 13.1. The number of anilines is 2. The third-order valence-corrected chi connectivity index (χ3v) is 4.45. The van der Waals surface area contributed by atoms with E-state index in [-0.39, 0.29) is 17.7 Å². The molecule has 0 bridgehead atoms. The van der Waals surface area contributed by atoms with Gasteiger partial charge in [0.05, 0.1) is 12.7 Å². The molecule has 2 amide bonds. The third-order valence-electron chi connectivity index (χ3n) is 3.75. The largest absolute Gasteiger partial charge is 0.497 e. The van der Waals surface area contributed by atoms with Crippen LogP contribution in [0.5, 0.6) is 5.75 Å². The number of methoxy groups -OCH3 is 1. The Morgan fingerprint density at radius 1 is 1.08 bits per heavy atom. The normalized spacial score (nSPS) is 13.2. The summed E-state index contributed by atoms with van der Waals surface area (Å²) in [6.45, 7) is 0. The smallest absolute Gasteiger partial charge is 0.256 e. The number of carbonyl (C=O) groups is 2. The van der Waals surface area contributed by atoms with Crippen molar-refractivity contribution in [3.8, 4) is 5.75 Å². The second-order valence-electron chi connectivity index (χ2n) is 5.64. The Labute approximate surface area is 148 Å². The Morgan fingerprint density at radius 2 is 1.79 bits per heavy atom. The SMILES string of the molecule is COc1ccc(Br)c(C(=O)Nc2cccc(NC(=O)C3CC3)c2)c1. The highest BCUT2D eigenvalue weighted by atomic mass is 79.9. The lowest BCUT2D eigenvalue weighted by atomic mass is 10.2. The minimum atomic E-state index is -0.258. The Hall–Kier alpha value is -2.34. The maximum atomic E-state index is 12.5. The van der Waals surface area contributed by atoms with Gasteiger partial charge in [-0.05, 0) is 65.2 Å². The van der Waals surface area contributed by atoms with Gasteiger partial charge in [-0.1, -0.05) is 6.07 Å². The molecule has 0 atom stereocenters. The van der Waals surface area contributed by atoms with Crippen LogP contribution in [-0.4, -0.2) is 18.9 Å². The molecule has 1 fully saturated rings. The molecule has 0 unspecified atom stereocenters. The summed E-state index contributed by atoms with van der Waals surface area (Å²) in [6.07, 6.45) is 1.90. The molecule has 24 heavy (non-hydrogen) atoms. The Morgan fingerprint density at radius 3 is 2.46 bits per heavy atom. The van der Waals surface area contributed by atoms with Crippen molar-refractivity contribution < 1.29 is 14.3 Å². The predicted octanol–water partition coefficient (Wildman–Crippen LogP) is 4.06. The van der Waals surface area contributed by atoms with E-state index in [0.29, 0.717) is 27.2 Å². The summed E-state index contributed by atoms with van der Waals surface area (Å²) < 4.78 is 5.83. The molecule has 124 valence electrons. The number of halogens is 1. The second kappa shape index (κ2) is 7.05. The molecule has 2 N–H and O–H groups in total. The van der Waals surface area contributed by atoms with Gasteiger partial charge in [-0.3, -0.25) is 9.59 Å². The van der Waals surface area contributed by atoms with Gasteiger partial charge in [0.25, 0.3) is 5.91 Å². The van der Waals surface area contributed by atoms with Crippen molar-refractivity contribution in [2.75, 3.05) is 17.7 Å². The summed E-state index contributed by atoms with van der Waals surface area (Å²) >= 11 is 3.37. The Bertz CT molecular complexity index is 788. The van der Waals surface area contributed by atoms with Crippen molar-refractivity contribution in [1.29, 1.82) is 0 Å². The standard InChI is InChI=1S/C18H17BrN2O3/c1-24-14-7-8-16(19)15(10-14)18(23)21-13-4-2-3-12(9-13)20-17(22)11-5-6-11/h2-4,7-11H,5-6H2,1H3,(H,20,22)(H,21,23). The molecule has 0 aromatic heterocycles. The van der Waals surface area contributed by atoms with Crippen LogP contribution in [0.3, 0.4) is 0 Å². The average Bonchev–Trinajstić information content (AvgIpc) is 3.40. The molecule has 0 radical (unpaired) electrons. The molecule has 6 heteroatoms. The first-order valence-corrected chi connectivity index (χ1v) is 8.42. The zero-order chi connectivity index (χ0) is 17.1. The third kappa shape index (κ3) is 3.94. The van der Waals surface area contributed by atoms with Gasteiger partial charge in [-0.2, -0.15) is 0 Å². The van der Waals surface area contributed by atoms with Crippen molar-refractivity contribution in [2.24, 2.45) is 5.92 Å². The van der Waals surface area contributed by atoms with Crippen molar-refractivity contribution in [3.05, 3.63) is 52.5 Å². The summed E-state index contributed by atoms with van der Waals surface area (Å²) in [6, 6.07) is 12.3. The molecule has 1 aliphatic rings. The molecule has 2 aromatic rings. The van der Waals surface area contributed by atoms with E-state index in [4.69, 9.17) is 4.74 Å². The van der Waals surface area contributed by atoms with Gasteiger partial charge < -0.3 is 15.4 Å². The quantitative estimate of drug-likeness (QED) is 0.811. The number of rotatable bonds is 5. The van der Waals surface area contributed by atoms with Gasteiger partial charge >= 0.3 is 0 Å². The molecule has 5 nitrogen and oxygen atoms in total. The minimum absolute atomic E-state index is 0.0361. The van der Waals surface area contributed by atoms with Crippen LogP contribution in [0.15, 0.2) is 46.9 Å². The minimum Gasteiger partial charge on any atom is -0.497 e. The fraction of sp³-hybridized carbons (Fsp3) is 0.222. The first-order chi connectivity index (χ1) is 11.6. The average molecular weight is 389 g/mol. The topological polar surface area (TPSA) is 67.4 Å². The maximum absolute atomic E-state index is 12.5. The van der Waals surface area contributed by atoms with E-state index in [1.165, 1.54) is 0 Å². The molecular formula is C18H17BrN2O3. The molecule has 1 saturated carbocycles. The summed E-state index contributed by atoms with van der Waals surface area (Å²) in [5, 5.41) is 5.70. The van der Waals surface area contributed by atoms with Gasteiger partial charge in [-0.25, -0.2) is 0 Å². The number of amides is 2. The number of carbonyl (C=O) groups excluding carboxylic acids is 2. The van der Waals surface area contributed by atoms with Crippen LogP contribution in [0.1, 0.15) is 23.2 Å². The van der Waals surface area contributed by atoms with Gasteiger partial charge in [-0.15, -0.1) is 0 Å². The monoisotopic (exact) mass is 388 g/mol. The fourth-order valence-corrected chi connectivity index (χ4v) is 2.70. The van der Waals surface area contributed by atoms with Gasteiger partial charge in [0.15, 0.2) is 0 Å². The molecule has 0 aliphatic heterocycles. The number of ether oxygens (including phenoxy) is 1. The lowest BCUT2D eigenvalue weighted by Crippen LogP contribution is -2.15. The van der Waals surface area contributed by atoms with Gasteiger partial charge in [0.2, 0.25) is 5.91 Å². The van der Waals surface area contributed by atoms with E-state index in [1.54, 1.807) is 49.6 Å². The number of benzene rings is 2. The van der Waals surface area contributed by atoms with Crippen LogP contribution in [-0.2, 0) is 4.79 Å². The molecule has 0 spiro atoms. The van der Waals surface area contributed by atoms with Crippen molar-refractivity contribution in [3.63, 3.8) is 0 Å². The van der Waals surface area contributed by atoms with Gasteiger partial charge in [0.1, 0.15) is 5.75 Å². The zero-order valence-corrected chi connectivity index (χ0v) is 14.7. The molecule has 0 saturated heterocycles. The van der Waals surface area contributed by atoms with Crippen LogP contribution in [0.2, 0.25) is 0 Å². The molecule has 2 aromatic carbocycles. The highest BCUT2D eigenvalue weighted by molar-refractivity contribution is 9.10.